The fourth-order valence-electron chi connectivity index (χ4n) is 3.71. The molecule has 3 aromatic rings. The van der Waals surface area contributed by atoms with Crippen LogP contribution in [0.1, 0.15) is 26.4 Å². The van der Waals surface area contributed by atoms with Gasteiger partial charge in [-0.05, 0) is 58.8 Å². The lowest BCUT2D eigenvalue weighted by atomic mass is 9.99. The summed E-state index contributed by atoms with van der Waals surface area (Å²) in [4.78, 5) is 27.7. The molecule has 4 rings (SSSR count). The summed E-state index contributed by atoms with van der Waals surface area (Å²) in [6, 6.07) is 14.8. The van der Waals surface area contributed by atoms with Crippen LogP contribution in [0.15, 0.2) is 53.9 Å². The molecule has 0 saturated heterocycles. The number of rotatable bonds is 6. The Kier molecular flexibility index (Phi) is 6.61. The third-order valence-corrected chi connectivity index (χ3v) is 6.25. The number of benzene rings is 2. The fraction of sp³-hybridized carbons (Fsp3) is 0.250. The molecule has 0 radical (unpaired) electrons. The molecule has 0 saturated carbocycles. The van der Waals surface area contributed by atoms with Gasteiger partial charge in [0.05, 0.1) is 19.1 Å². The van der Waals surface area contributed by atoms with E-state index in [1.165, 1.54) is 16.9 Å². The van der Waals surface area contributed by atoms with Gasteiger partial charge >= 0.3 is 6.03 Å². The molecule has 2 N–H and O–H groups in total. The molecule has 0 fully saturated rings. The molecular formula is C24H25N3O4S. The van der Waals surface area contributed by atoms with Crippen LogP contribution < -0.4 is 20.1 Å². The van der Waals surface area contributed by atoms with E-state index in [0.717, 1.165) is 22.4 Å². The Morgan fingerprint density at radius 1 is 1.03 bits per heavy atom. The van der Waals surface area contributed by atoms with Crippen LogP contribution in [0, 0.1) is 0 Å². The van der Waals surface area contributed by atoms with Crippen molar-refractivity contribution in [2.75, 3.05) is 26.1 Å². The van der Waals surface area contributed by atoms with Crippen molar-refractivity contribution in [1.82, 2.24) is 10.2 Å². The highest BCUT2D eigenvalue weighted by Gasteiger charge is 2.22. The summed E-state index contributed by atoms with van der Waals surface area (Å²) in [6.07, 6.45) is 0.804. The molecular weight excluding hydrogens is 426 g/mol. The first-order valence-electron chi connectivity index (χ1n) is 10.3. The summed E-state index contributed by atoms with van der Waals surface area (Å²) < 4.78 is 10.5. The van der Waals surface area contributed by atoms with E-state index in [1.807, 2.05) is 52.7 Å². The molecule has 0 unspecified atom stereocenters. The number of carbonyl (C=O) groups is 2. The highest BCUT2D eigenvalue weighted by molar-refractivity contribution is 7.12. The zero-order valence-electron chi connectivity index (χ0n) is 18.0. The standard InChI is InChI=1S/C24H25N3O4S/c1-30-20-8-5-16(12-21(20)31-2)14-25-24(29)26-19-7-6-17-9-10-27(15-18(17)13-19)23(28)22-4-3-11-32-22/h3-8,11-13H,9-10,14-15H2,1-2H3,(H2,25,26,29). The first kappa shape index (κ1) is 21.7. The lowest BCUT2D eigenvalue weighted by Gasteiger charge is -2.29. The van der Waals surface area contributed by atoms with Gasteiger partial charge in [-0.15, -0.1) is 11.3 Å². The van der Waals surface area contributed by atoms with E-state index in [2.05, 4.69) is 10.6 Å². The molecule has 1 aromatic heterocycles. The summed E-state index contributed by atoms with van der Waals surface area (Å²) in [5.41, 5.74) is 3.85. The topological polar surface area (TPSA) is 79.9 Å². The molecule has 0 aliphatic carbocycles. The van der Waals surface area contributed by atoms with Gasteiger partial charge in [-0.25, -0.2) is 4.79 Å². The Balaban J connectivity index is 1.36. The predicted octanol–water partition coefficient (Wildman–Crippen LogP) is 4.29. The zero-order chi connectivity index (χ0) is 22.5. The van der Waals surface area contributed by atoms with E-state index < -0.39 is 0 Å². The summed E-state index contributed by atoms with van der Waals surface area (Å²) in [5.74, 6) is 1.31. The Morgan fingerprint density at radius 3 is 2.62 bits per heavy atom. The van der Waals surface area contributed by atoms with Crippen molar-refractivity contribution in [2.24, 2.45) is 0 Å². The third kappa shape index (κ3) is 4.86. The van der Waals surface area contributed by atoms with Gasteiger partial charge in [-0.1, -0.05) is 18.2 Å². The molecule has 166 valence electrons. The van der Waals surface area contributed by atoms with Crippen molar-refractivity contribution in [3.63, 3.8) is 0 Å². The Bertz CT molecular complexity index is 1110. The maximum atomic E-state index is 12.7. The van der Waals surface area contributed by atoms with Crippen molar-refractivity contribution >= 4 is 29.0 Å². The van der Waals surface area contributed by atoms with Gasteiger partial charge in [0.1, 0.15) is 0 Å². The lowest BCUT2D eigenvalue weighted by Crippen LogP contribution is -2.35. The van der Waals surface area contributed by atoms with E-state index >= 15 is 0 Å². The van der Waals surface area contributed by atoms with Crippen LogP contribution >= 0.6 is 11.3 Å². The summed E-state index contributed by atoms with van der Waals surface area (Å²) in [7, 11) is 3.16. The molecule has 2 aromatic carbocycles. The molecule has 32 heavy (non-hydrogen) atoms. The second kappa shape index (κ2) is 9.74. The van der Waals surface area contributed by atoms with Gasteiger partial charge < -0.3 is 25.0 Å². The van der Waals surface area contributed by atoms with Gasteiger partial charge in [0.25, 0.3) is 5.91 Å². The molecule has 0 spiro atoms. The van der Waals surface area contributed by atoms with Crippen LogP contribution in [0.5, 0.6) is 11.5 Å². The number of hydrogen-bond acceptors (Lipinski definition) is 5. The van der Waals surface area contributed by atoms with E-state index in [4.69, 9.17) is 9.47 Å². The highest BCUT2D eigenvalue weighted by atomic mass is 32.1. The SMILES string of the molecule is COc1ccc(CNC(=O)Nc2ccc3c(c2)CN(C(=O)c2cccs2)CC3)cc1OC. The number of methoxy groups -OCH3 is 2. The molecule has 7 nitrogen and oxygen atoms in total. The smallest absolute Gasteiger partial charge is 0.319 e. The average molecular weight is 452 g/mol. The Hall–Kier alpha value is -3.52. The van der Waals surface area contributed by atoms with Crippen LogP contribution in [0.3, 0.4) is 0 Å². The largest absolute Gasteiger partial charge is 0.493 e. The summed E-state index contributed by atoms with van der Waals surface area (Å²) in [5, 5.41) is 7.64. The third-order valence-electron chi connectivity index (χ3n) is 5.40. The number of amides is 3. The maximum absolute atomic E-state index is 12.7. The van der Waals surface area contributed by atoms with Crippen LogP contribution in [0.25, 0.3) is 0 Å². The molecule has 1 aliphatic heterocycles. The number of urea groups is 1. The minimum absolute atomic E-state index is 0.0525. The second-order valence-electron chi connectivity index (χ2n) is 7.43. The van der Waals surface area contributed by atoms with Crippen molar-refractivity contribution in [3.8, 4) is 11.5 Å². The van der Waals surface area contributed by atoms with Crippen molar-refractivity contribution in [2.45, 2.75) is 19.5 Å². The maximum Gasteiger partial charge on any atom is 0.319 e. The highest BCUT2D eigenvalue weighted by Crippen LogP contribution is 2.28. The van der Waals surface area contributed by atoms with E-state index in [9.17, 15) is 9.59 Å². The number of fused-ring (bicyclic) bond motifs is 1. The van der Waals surface area contributed by atoms with E-state index in [1.54, 1.807) is 20.3 Å². The number of nitrogens with one attached hydrogen (secondary N) is 2. The molecule has 8 heteroatoms. The van der Waals surface area contributed by atoms with Crippen LogP contribution in [-0.4, -0.2) is 37.6 Å². The first-order chi connectivity index (χ1) is 15.6. The number of thiophene rings is 1. The minimum Gasteiger partial charge on any atom is -0.493 e. The predicted molar refractivity (Wildman–Crippen MR) is 125 cm³/mol. The number of nitrogens with zero attached hydrogens (tertiary/aromatic N) is 1. The molecule has 0 atom stereocenters. The van der Waals surface area contributed by atoms with Crippen molar-refractivity contribution in [1.29, 1.82) is 0 Å². The molecule has 3 amide bonds. The second-order valence-corrected chi connectivity index (χ2v) is 8.38. The van der Waals surface area contributed by atoms with E-state index in [0.29, 0.717) is 36.8 Å². The molecule has 0 bridgehead atoms. The lowest BCUT2D eigenvalue weighted by molar-refractivity contribution is 0.0739. The van der Waals surface area contributed by atoms with Crippen molar-refractivity contribution in [3.05, 3.63) is 75.5 Å². The van der Waals surface area contributed by atoms with Crippen LogP contribution in [-0.2, 0) is 19.5 Å². The van der Waals surface area contributed by atoms with Gasteiger partial charge in [0.15, 0.2) is 11.5 Å². The fourth-order valence-corrected chi connectivity index (χ4v) is 4.40. The monoisotopic (exact) mass is 451 g/mol. The number of carbonyl (C=O) groups excluding carboxylic acids is 2. The molecule has 2 heterocycles. The van der Waals surface area contributed by atoms with Crippen LogP contribution in [0.4, 0.5) is 10.5 Å². The molecule has 1 aliphatic rings. The normalized spacial score (nSPS) is 12.6. The van der Waals surface area contributed by atoms with Crippen molar-refractivity contribution < 1.29 is 19.1 Å². The van der Waals surface area contributed by atoms with Gasteiger partial charge in [0.2, 0.25) is 0 Å². The number of ether oxygens (including phenoxy) is 2. The van der Waals surface area contributed by atoms with E-state index in [-0.39, 0.29) is 11.9 Å². The summed E-state index contributed by atoms with van der Waals surface area (Å²) >= 11 is 1.45. The van der Waals surface area contributed by atoms with Crippen LogP contribution in [0.2, 0.25) is 0 Å². The van der Waals surface area contributed by atoms with Gasteiger partial charge in [-0.2, -0.15) is 0 Å². The summed E-state index contributed by atoms with van der Waals surface area (Å²) in [6.45, 7) is 1.58. The number of anilines is 1. The first-order valence-corrected chi connectivity index (χ1v) is 11.2. The van der Waals surface area contributed by atoms with Gasteiger partial charge in [-0.3, -0.25) is 4.79 Å². The quantitative estimate of drug-likeness (QED) is 0.586. The Labute approximate surface area is 191 Å². The average Bonchev–Trinajstić information content (AvgIpc) is 3.36. The Morgan fingerprint density at radius 2 is 1.88 bits per heavy atom. The number of hydrogen-bond donors (Lipinski definition) is 2. The van der Waals surface area contributed by atoms with Gasteiger partial charge in [0, 0.05) is 25.3 Å². The minimum atomic E-state index is -0.304. The zero-order valence-corrected chi connectivity index (χ0v) is 18.8.